The van der Waals surface area contributed by atoms with Crippen LogP contribution in [-0.4, -0.2) is 37.8 Å². The van der Waals surface area contributed by atoms with E-state index < -0.39 is 34.1 Å². The zero-order valence-corrected chi connectivity index (χ0v) is 10.9. The van der Waals surface area contributed by atoms with Crippen LogP contribution in [0.2, 0.25) is 0 Å². The Hall–Kier alpha value is -1.93. The number of nitrogen functional groups attached to an aromatic ring is 1. The number of aliphatic hydroxyl groups excluding tert-OH is 1. The lowest BCUT2D eigenvalue weighted by molar-refractivity contribution is -0.135. The van der Waals surface area contributed by atoms with Crippen LogP contribution in [0.3, 0.4) is 0 Å². The van der Waals surface area contributed by atoms with E-state index in [4.69, 9.17) is 10.8 Å². The van der Waals surface area contributed by atoms with Crippen molar-refractivity contribution < 1.29 is 27.9 Å². The van der Waals surface area contributed by atoms with E-state index in [2.05, 4.69) is 4.74 Å². The number of rotatable bonds is 4. The summed E-state index contributed by atoms with van der Waals surface area (Å²) in [7, 11) is -3.79. The summed E-state index contributed by atoms with van der Waals surface area (Å²) in [5.74, 6) is -2.36. The Morgan fingerprint density at radius 2 is 2.00 bits per heavy atom. The molecule has 0 aromatic heterocycles. The predicted molar refractivity (Wildman–Crippen MR) is 66.1 cm³/mol. The van der Waals surface area contributed by atoms with Crippen LogP contribution in [0.4, 0.5) is 5.69 Å². The standard InChI is InChI=1S/C11H13NO6S/c1-7(14)18-11(15)8-3-2-4-9(10(8)12)19(16,17)6-5-13/h2-4,13H,5-6,12H2,1H3. The normalized spacial score (nSPS) is 11.1. The fraction of sp³-hybridized carbons (Fsp3) is 0.273. The Kier molecular flexibility index (Phi) is 4.62. The van der Waals surface area contributed by atoms with E-state index in [1.54, 1.807) is 0 Å². The number of sulfone groups is 1. The molecule has 0 saturated heterocycles. The summed E-state index contributed by atoms with van der Waals surface area (Å²) in [4.78, 5) is 22.0. The smallest absolute Gasteiger partial charge is 0.347 e. The van der Waals surface area contributed by atoms with Gasteiger partial charge in [-0.1, -0.05) is 6.07 Å². The van der Waals surface area contributed by atoms with E-state index >= 15 is 0 Å². The number of hydrogen-bond acceptors (Lipinski definition) is 7. The molecule has 0 aliphatic rings. The largest absolute Gasteiger partial charge is 0.397 e. The number of carbonyl (C=O) groups excluding carboxylic acids is 2. The minimum Gasteiger partial charge on any atom is -0.397 e. The number of nitrogens with two attached hydrogens (primary N) is 1. The molecule has 0 spiro atoms. The Balaban J connectivity index is 3.26. The van der Waals surface area contributed by atoms with Gasteiger partial charge in [-0.05, 0) is 12.1 Å². The SMILES string of the molecule is CC(=O)OC(=O)c1cccc(S(=O)(=O)CCO)c1N. The van der Waals surface area contributed by atoms with Crippen molar-refractivity contribution in [2.75, 3.05) is 18.1 Å². The van der Waals surface area contributed by atoms with E-state index in [0.29, 0.717) is 0 Å². The van der Waals surface area contributed by atoms with Crippen LogP contribution in [0, 0.1) is 0 Å². The second-order valence-electron chi connectivity index (χ2n) is 3.64. The average molecular weight is 287 g/mol. The summed E-state index contributed by atoms with van der Waals surface area (Å²) in [6.45, 7) is 0.477. The highest BCUT2D eigenvalue weighted by Crippen LogP contribution is 2.24. The molecule has 0 aliphatic heterocycles. The second-order valence-corrected chi connectivity index (χ2v) is 5.72. The molecule has 1 rings (SSSR count). The lowest BCUT2D eigenvalue weighted by Crippen LogP contribution is -2.16. The molecule has 7 nitrogen and oxygen atoms in total. The Morgan fingerprint density at radius 1 is 1.37 bits per heavy atom. The first-order valence-electron chi connectivity index (χ1n) is 5.24. The highest BCUT2D eigenvalue weighted by Gasteiger charge is 2.22. The molecular formula is C11H13NO6S. The van der Waals surface area contributed by atoms with E-state index in [-0.39, 0.29) is 16.1 Å². The first kappa shape index (κ1) is 15.1. The fourth-order valence-corrected chi connectivity index (χ4v) is 2.60. The molecular weight excluding hydrogens is 274 g/mol. The summed E-state index contributed by atoms with van der Waals surface area (Å²) in [6.07, 6.45) is 0. The third-order valence-corrected chi connectivity index (χ3v) is 3.96. The number of anilines is 1. The first-order chi connectivity index (χ1) is 8.79. The van der Waals surface area contributed by atoms with Gasteiger partial charge in [0.1, 0.15) is 0 Å². The van der Waals surface area contributed by atoms with Crippen LogP contribution < -0.4 is 5.73 Å². The zero-order chi connectivity index (χ0) is 14.6. The highest BCUT2D eigenvalue weighted by atomic mass is 32.2. The van der Waals surface area contributed by atoms with Crippen molar-refractivity contribution in [3.63, 3.8) is 0 Å². The zero-order valence-electron chi connectivity index (χ0n) is 10.1. The average Bonchev–Trinajstić information content (AvgIpc) is 2.27. The van der Waals surface area contributed by atoms with Crippen molar-refractivity contribution in [3.05, 3.63) is 23.8 Å². The number of ether oxygens (including phenoxy) is 1. The molecule has 8 heteroatoms. The van der Waals surface area contributed by atoms with Gasteiger partial charge in [0.2, 0.25) is 0 Å². The molecule has 0 unspecified atom stereocenters. The summed E-state index contributed by atoms with van der Waals surface area (Å²) >= 11 is 0. The fourth-order valence-electron chi connectivity index (χ4n) is 1.41. The highest BCUT2D eigenvalue weighted by molar-refractivity contribution is 7.91. The second kappa shape index (κ2) is 5.81. The predicted octanol–water partition coefficient (Wildman–Crippen LogP) is -0.262. The monoisotopic (exact) mass is 287 g/mol. The molecule has 0 heterocycles. The van der Waals surface area contributed by atoms with Crippen LogP contribution in [0.15, 0.2) is 23.1 Å². The Labute approximate surface area is 109 Å². The summed E-state index contributed by atoms with van der Waals surface area (Å²) in [5.41, 5.74) is 5.09. The molecule has 0 aliphatic carbocycles. The van der Waals surface area contributed by atoms with Gasteiger partial charge in [0.15, 0.2) is 9.84 Å². The summed E-state index contributed by atoms with van der Waals surface area (Å²) in [5, 5.41) is 8.70. The summed E-state index contributed by atoms with van der Waals surface area (Å²) in [6, 6.07) is 3.76. The van der Waals surface area contributed by atoms with Crippen molar-refractivity contribution >= 4 is 27.5 Å². The van der Waals surface area contributed by atoms with Crippen molar-refractivity contribution in [1.82, 2.24) is 0 Å². The topological polar surface area (TPSA) is 124 Å². The maximum Gasteiger partial charge on any atom is 0.347 e. The van der Waals surface area contributed by atoms with Gasteiger partial charge in [-0.2, -0.15) is 0 Å². The molecule has 0 radical (unpaired) electrons. The van der Waals surface area contributed by atoms with Crippen LogP contribution >= 0.6 is 0 Å². The van der Waals surface area contributed by atoms with Gasteiger partial charge in [0.25, 0.3) is 0 Å². The van der Waals surface area contributed by atoms with E-state index in [1.807, 2.05) is 0 Å². The number of aliphatic hydroxyl groups is 1. The first-order valence-corrected chi connectivity index (χ1v) is 6.89. The van der Waals surface area contributed by atoms with Crippen molar-refractivity contribution in [2.45, 2.75) is 11.8 Å². The van der Waals surface area contributed by atoms with Gasteiger partial charge in [0.05, 0.1) is 28.5 Å². The van der Waals surface area contributed by atoms with Gasteiger partial charge >= 0.3 is 11.9 Å². The summed E-state index contributed by atoms with van der Waals surface area (Å²) < 4.78 is 27.9. The van der Waals surface area contributed by atoms with E-state index in [9.17, 15) is 18.0 Å². The number of hydrogen-bond donors (Lipinski definition) is 2. The van der Waals surface area contributed by atoms with Crippen LogP contribution in [-0.2, 0) is 19.4 Å². The Morgan fingerprint density at radius 3 is 2.53 bits per heavy atom. The van der Waals surface area contributed by atoms with E-state index in [0.717, 1.165) is 6.92 Å². The van der Waals surface area contributed by atoms with Crippen LogP contribution in [0.1, 0.15) is 17.3 Å². The van der Waals surface area contributed by atoms with Crippen LogP contribution in [0.5, 0.6) is 0 Å². The van der Waals surface area contributed by atoms with Gasteiger partial charge in [0, 0.05) is 6.92 Å². The Bertz CT molecular complexity index is 608. The lowest BCUT2D eigenvalue weighted by Gasteiger charge is -2.09. The third kappa shape index (κ3) is 3.52. The quantitative estimate of drug-likeness (QED) is 0.444. The molecule has 1 aromatic carbocycles. The van der Waals surface area contributed by atoms with Gasteiger partial charge in [-0.15, -0.1) is 0 Å². The lowest BCUT2D eigenvalue weighted by atomic mass is 10.2. The van der Waals surface area contributed by atoms with Crippen molar-refractivity contribution in [3.8, 4) is 0 Å². The van der Waals surface area contributed by atoms with Gasteiger partial charge < -0.3 is 15.6 Å². The van der Waals surface area contributed by atoms with Crippen molar-refractivity contribution in [1.29, 1.82) is 0 Å². The number of benzene rings is 1. The minimum atomic E-state index is -3.79. The molecule has 0 saturated carbocycles. The third-order valence-electron chi connectivity index (χ3n) is 2.22. The molecule has 19 heavy (non-hydrogen) atoms. The van der Waals surface area contributed by atoms with Crippen LogP contribution in [0.25, 0.3) is 0 Å². The molecule has 0 fully saturated rings. The maximum atomic E-state index is 11.8. The molecule has 104 valence electrons. The van der Waals surface area contributed by atoms with E-state index in [1.165, 1.54) is 18.2 Å². The number of esters is 2. The molecule has 3 N–H and O–H groups in total. The molecule has 0 bridgehead atoms. The maximum absolute atomic E-state index is 11.8. The van der Waals surface area contributed by atoms with Crippen molar-refractivity contribution in [2.24, 2.45) is 0 Å². The molecule has 1 aromatic rings. The molecule has 0 atom stereocenters. The molecule has 0 amide bonds. The number of para-hydroxylation sites is 1. The minimum absolute atomic E-state index is 0.214. The van der Waals surface area contributed by atoms with Gasteiger partial charge in [-0.25, -0.2) is 13.2 Å². The van der Waals surface area contributed by atoms with Gasteiger partial charge in [-0.3, -0.25) is 4.79 Å². The number of carbonyl (C=O) groups is 2.